The molecule has 4 heteroatoms. The van der Waals surface area contributed by atoms with E-state index in [4.69, 9.17) is 5.11 Å². The number of halogens is 2. The minimum absolute atomic E-state index is 0.00373. The monoisotopic (exact) mass is 356 g/mol. The predicted octanol–water partition coefficient (Wildman–Crippen LogP) is 2.47. The van der Waals surface area contributed by atoms with Gasteiger partial charge in [-0.1, -0.05) is 15.9 Å². The molecule has 0 aliphatic carbocycles. The number of benzene rings is 1. The van der Waals surface area contributed by atoms with Crippen molar-refractivity contribution in [3.63, 3.8) is 0 Å². The largest absolute Gasteiger partial charge is 0.396 e. The molecule has 0 aromatic heterocycles. The number of rotatable bonds is 3. The Kier molecular flexibility index (Phi) is 4.64. The molecular formula is C9H10BrIO2. The summed E-state index contributed by atoms with van der Waals surface area (Å²) in [6.07, 6.45) is -0.193. The zero-order chi connectivity index (χ0) is 9.84. The second-order valence-electron chi connectivity index (χ2n) is 2.69. The standard InChI is InChI=1S/C9H10BrIO2/c10-6-1-2-8(11)7(5-6)9(13)3-4-12/h1-2,5,9,12-13H,3-4H2. The van der Waals surface area contributed by atoms with E-state index in [0.717, 1.165) is 13.6 Å². The molecule has 2 N–H and O–H groups in total. The smallest absolute Gasteiger partial charge is 0.0822 e. The van der Waals surface area contributed by atoms with Gasteiger partial charge in [0.25, 0.3) is 0 Å². The second kappa shape index (κ2) is 5.29. The van der Waals surface area contributed by atoms with Crippen molar-refractivity contribution in [3.05, 3.63) is 31.8 Å². The van der Waals surface area contributed by atoms with Crippen LogP contribution in [0.2, 0.25) is 0 Å². The highest BCUT2D eigenvalue weighted by atomic mass is 127. The number of aliphatic hydroxyl groups is 2. The van der Waals surface area contributed by atoms with E-state index in [-0.39, 0.29) is 6.61 Å². The molecule has 72 valence electrons. The molecule has 0 saturated carbocycles. The lowest BCUT2D eigenvalue weighted by Crippen LogP contribution is -2.02. The molecule has 1 aromatic rings. The first-order chi connectivity index (χ1) is 6.15. The summed E-state index contributed by atoms with van der Waals surface area (Å²) >= 11 is 5.51. The van der Waals surface area contributed by atoms with E-state index in [2.05, 4.69) is 38.5 Å². The Morgan fingerprint density at radius 3 is 2.77 bits per heavy atom. The van der Waals surface area contributed by atoms with Crippen molar-refractivity contribution >= 4 is 38.5 Å². The molecule has 1 aromatic carbocycles. The quantitative estimate of drug-likeness (QED) is 0.817. The molecule has 1 rings (SSSR count). The van der Waals surface area contributed by atoms with Gasteiger partial charge >= 0.3 is 0 Å². The minimum atomic E-state index is -0.575. The predicted molar refractivity (Wildman–Crippen MR) is 63.5 cm³/mol. The number of hydrogen-bond acceptors (Lipinski definition) is 2. The van der Waals surface area contributed by atoms with E-state index < -0.39 is 6.10 Å². The highest BCUT2D eigenvalue weighted by Gasteiger charge is 2.10. The van der Waals surface area contributed by atoms with Gasteiger partial charge in [-0.3, -0.25) is 0 Å². The first-order valence-electron chi connectivity index (χ1n) is 3.89. The summed E-state index contributed by atoms with van der Waals surface area (Å²) in [7, 11) is 0. The van der Waals surface area contributed by atoms with Crippen LogP contribution in [-0.4, -0.2) is 16.8 Å². The van der Waals surface area contributed by atoms with Gasteiger partial charge in [-0.05, 0) is 46.4 Å². The van der Waals surface area contributed by atoms with Gasteiger partial charge in [0.2, 0.25) is 0 Å². The lowest BCUT2D eigenvalue weighted by molar-refractivity contribution is 0.133. The van der Waals surface area contributed by atoms with Gasteiger partial charge in [0.15, 0.2) is 0 Å². The fourth-order valence-electron chi connectivity index (χ4n) is 1.05. The first-order valence-corrected chi connectivity index (χ1v) is 5.76. The third-order valence-corrected chi connectivity index (χ3v) is 3.20. The minimum Gasteiger partial charge on any atom is -0.396 e. The molecule has 1 unspecified atom stereocenters. The van der Waals surface area contributed by atoms with Crippen molar-refractivity contribution in [1.82, 2.24) is 0 Å². The SMILES string of the molecule is OCCC(O)c1cc(Br)ccc1I. The van der Waals surface area contributed by atoms with Crippen LogP contribution < -0.4 is 0 Å². The Labute approximate surface area is 99.2 Å². The molecule has 0 bridgehead atoms. The first kappa shape index (κ1) is 11.4. The van der Waals surface area contributed by atoms with Crippen molar-refractivity contribution in [2.75, 3.05) is 6.61 Å². The summed E-state index contributed by atoms with van der Waals surface area (Å²) in [5, 5.41) is 18.3. The van der Waals surface area contributed by atoms with Crippen LogP contribution in [0.15, 0.2) is 22.7 Å². The van der Waals surface area contributed by atoms with Crippen LogP contribution in [0.3, 0.4) is 0 Å². The summed E-state index contributed by atoms with van der Waals surface area (Å²) in [6, 6.07) is 5.74. The fraction of sp³-hybridized carbons (Fsp3) is 0.333. The van der Waals surface area contributed by atoms with Crippen molar-refractivity contribution in [2.24, 2.45) is 0 Å². The van der Waals surface area contributed by atoms with E-state index in [1.165, 1.54) is 0 Å². The summed E-state index contributed by atoms with van der Waals surface area (Å²) in [5.41, 5.74) is 0.865. The third kappa shape index (κ3) is 3.19. The molecule has 0 aliphatic heterocycles. The highest BCUT2D eigenvalue weighted by molar-refractivity contribution is 14.1. The van der Waals surface area contributed by atoms with E-state index in [9.17, 15) is 5.11 Å². The van der Waals surface area contributed by atoms with Gasteiger partial charge < -0.3 is 10.2 Å². The Bertz CT molecular complexity index is 291. The average molecular weight is 357 g/mol. The molecule has 0 radical (unpaired) electrons. The Balaban J connectivity index is 2.91. The van der Waals surface area contributed by atoms with Crippen LogP contribution in [0.5, 0.6) is 0 Å². The Morgan fingerprint density at radius 1 is 1.46 bits per heavy atom. The number of hydrogen-bond donors (Lipinski definition) is 2. The maximum Gasteiger partial charge on any atom is 0.0822 e. The Hall–Kier alpha value is 0.350. The van der Waals surface area contributed by atoms with Crippen LogP contribution in [0.25, 0.3) is 0 Å². The fourth-order valence-corrected chi connectivity index (χ4v) is 2.12. The van der Waals surface area contributed by atoms with Crippen LogP contribution in [-0.2, 0) is 0 Å². The Morgan fingerprint density at radius 2 is 2.15 bits per heavy atom. The molecule has 1 atom stereocenters. The maximum atomic E-state index is 9.64. The topological polar surface area (TPSA) is 40.5 Å². The van der Waals surface area contributed by atoms with Gasteiger partial charge in [0.05, 0.1) is 6.10 Å². The molecule has 13 heavy (non-hydrogen) atoms. The summed E-state index contributed by atoms with van der Waals surface area (Å²) in [4.78, 5) is 0. The molecule has 2 nitrogen and oxygen atoms in total. The molecule has 0 saturated heterocycles. The van der Waals surface area contributed by atoms with Crippen LogP contribution >= 0.6 is 38.5 Å². The van der Waals surface area contributed by atoms with Gasteiger partial charge in [0, 0.05) is 21.1 Å². The molecular weight excluding hydrogens is 347 g/mol. The van der Waals surface area contributed by atoms with E-state index >= 15 is 0 Å². The second-order valence-corrected chi connectivity index (χ2v) is 4.77. The number of aliphatic hydroxyl groups excluding tert-OH is 2. The van der Waals surface area contributed by atoms with Crippen LogP contribution in [0.1, 0.15) is 18.1 Å². The summed E-state index contributed by atoms with van der Waals surface area (Å²) in [6.45, 7) is 0.00373. The van der Waals surface area contributed by atoms with E-state index in [1.807, 2.05) is 18.2 Å². The van der Waals surface area contributed by atoms with Crippen molar-refractivity contribution in [3.8, 4) is 0 Å². The third-order valence-electron chi connectivity index (χ3n) is 1.72. The normalized spacial score (nSPS) is 12.9. The molecule has 0 aliphatic rings. The maximum absolute atomic E-state index is 9.64. The van der Waals surface area contributed by atoms with Gasteiger partial charge in [-0.15, -0.1) is 0 Å². The summed E-state index contributed by atoms with van der Waals surface area (Å²) in [5.74, 6) is 0. The van der Waals surface area contributed by atoms with Gasteiger partial charge in [-0.2, -0.15) is 0 Å². The molecule has 0 spiro atoms. The van der Waals surface area contributed by atoms with E-state index in [0.29, 0.717) is 6.42 Å². The lowest BCUT2D eigenvalue weighted by atomic mass is 10.1. The highest BCUT2D eigenvalue weighted by Crippen LogP contribution is 2.25. The van der Waals surface area contributed by atoms with Crippen molar-refractivity contribution < 1.29 is 10.2 Å². The summed E-state index contributed by atoms with van der Waals surface area (Å²) < 4.78 is 1.96. The zero-order valence-corrected chi connectivity index (χ0v) is 10.6. The average Bonchev–Trinajstić information content (AvgIpc) is 2.09. The van der Waals surface area contributed by atoms with E-state index in [1.54, 1.807) is 0 Å². The van der Waals surface area contributed by atoms with Crippen molar-refractivity contribution in [1.29, 1.82) is 0 Å². The van der Waals surface area contributed by atoms with Gasteiger partial charge in [-0.25, -0.2) is 0 Å². The van der Waals surface area contributed by atoms with Crippen LogP contribution in [0, 0.1) is 3.57 Å². The lowest BCUT2D eigenvalue weighted by Gasteiger charge is -2.11. The molecule has 0 fully saturated rings. The van der Waals surface area contributed by atoms with Crippen LogP contribution in [0.4, 0.5) is 0 Å². The zero-order valence-electron chi connectivity index (χ0n) is 6.87. The van der Waals surface area contributed by atoms with Gasteiger partial charge in [0.1, 0.15) is 0 Å². The van der Waals surface area contributed by atoms with Crippen molar-refractivity contribution in [2.45, 2.75) is 12.5 Å². The molecule has 0 heterocycles. The molecule has 0 amide bonds.